The van der Waals surface area contributed by atoms with Gasteiger partial charge in [0, 0.05) is 0 Å². The Kier molecular flexibility index (Phi) is 9.96. The van der Waals surface area contributed by atoms with E-state index in [9.17, 15) is 0 Å². The monoisotopic (exact) mass is 342 g/mol. The first-order valence-electron chi connectivity index (χ1n) is 10.6. The van der Waals surface area contributed by atoms with E-state index in [2.05, 4.69) is 37.8 Å². The second-order valence-corrected chi connectivity index (χ2v) is 7.82. The Morgan fingerprint density at radius 3 is 2.32 bits per heavy atom. The molecule has 0 N–H and O–H groups in total. The molecule has 0 atom stereocenters. The van der Waals surface area contributed by atoms with Gasteiger partial charge < -0.3 is 4.74 Å². The van der Waals surface area contributed by atoms with Crippen molar-refractivity contribution < 1.29 is 4.74 Å². The summed E-state index contributed by atoms with van der Waals surface area (Å²) >= 11 is 0. The fraction of sp³-hybridized carbons (Fsp3) is 0.667. The molecule has 1 aromatic carbocycles. The van der Waals surface area contributed by atoms with Gasteiger partial charge >= 0.3 is 0 Å². The summed E-state index contributed by atoms with van der Waals surface area (Å²) in [4.78, 5) is 0. The molecule has 1 aromatic rings. The Morgan fingerprint density at radius 2 is 1.64 bits per heavy atom. The van der Waals surface area contributed by atoms with Crippen LogP contribution in [-0.2, 0) is 11.3 Å². The van der Waals surface area contributed by atoms with Crippen LogP contribution in [0.4, 0.5) is 0 Å². The van der Waals surface area contributed by atoms with Crippen molar-refractivity contribution in [2.45, 2.75) is 90.1 Å². The molecule has 2 rings (SSSR count). The van der Waals surface area contributed by atoms with Gasteiger partial charge in [-0.2, -0.15) is 0 Å². The van der Waals surface area contributed by atoms with Gasteiger partial charge in [0.15, 0.2) is 0 Å². The molecule has 0 amide bonds. The van der Waals surface area contributed by atoms with Crippen LogP contribution < -0.4 is 0 Å². The highest BCUT2D eigenvalue weighted by atomic mass is 16.5. The van der Waals surface area contributed by atoms with Crippen molar-refractivity contribution >= 4 is 0 Å². The summed E-state index contributed by atoms with van der Waals surface area (Å²) in [5, 5.41) is 0. The molecule has 1 aliphatic rings. The molecule has 1 nitrogen and oxygen atoms in total. The van der Waals surface area contributed by atoms with Crippen molar-refractivity contribution in [1.82, 2.24) is 0 Å². The van der Waals surface area contributed by atoms with Gasteiger partial charge in [0.1, 0.15) is 0 Å². The van der Waals surface area contributed by atoms with E-state index < -0.39 is 0 Å². The lowest BCUT2D eigenvalue weighted by molar-refractivity contribution is 0.149. The SMILES string of the molecule is C=CCOCc1ccc([C@H]2CC[C@H](CCCCCCCC)CC2)cc1. The minimum absolute atomic E-state index is 0.629. The lowest BCUT2D eigenvalue weighted by Crippen LogP contribution is -2.13. The lowest BCUT2D eigenvalue weighted by atomic mass is 9.77. The van der Waals surface area contributed by atoms with E-state index in [0.29, 0.717) is 13.2 Å². The van der Waals surface area contributed by atoms with Gasteiger partial charge in [-0.15, -0.1) is 6.58 Å². The summed E-state index contributed by atoms with van der Waals surface area (Å²) in [6.07, 6.45) is 17.5. The Morgan fingerprint density at radius 1 is 0.960 bits per heavy atom. The molecule has 0 aliphatic heterocycles. The molecule has 1 fully saturated rings. The number of rotatable bonds is 12. The van der Waals surface area contributed by atoms with Gasteiger partial charge in [0.05, 0.1) is 13.2 Å². The maximum absolute atomic E-state index is 5.52. The van der Waals surface area contributed by atoms with Crippen LogP contribution >= 0.6 is 0 Å². The number of unbranched alkanes of at least 4 members (excludes halogenated alkanes) is 5. The third kappa shape index (κ3) is 7.77. The van der Waals surface area contributed by atoms with E-state index in [1.165, 1.54) is 81.8 Å². The predicted molar refractivity (Wildman–Crippen MR) is 109 cm³/mol. The van der Waals surface area contributed by atoms with Crippen LogP contribution in [0.25, 0.3) is 0 Å². The van der Waals surface area contributed by atoms with E-state index in [0.717, 1.165) is 11.8 Å². The highest BCUT2D eigenvalue weighted by Gasteiger charge is 2.21. The normalized spacial score (nSPS) is 20.5. The maximum atomic E-state index is 5.52. The quantitative estimate of drug-likeness (QED) is 0.284. The highest BCUT2D eigenvalue weighted by molar-refractivity contribution is 5.25. The van der Waals surface area contributed by atoms with Crippen LogP contribution in [0.15, 0.2) is 36.9 Å². The third-order valence-corrected chi connectivity index (χ3v) is 5.77. The molecular weight excluding hydrogens is 304 g/mol. The number of hydrogen-bond acceptors (Lipinski definition) is 1. The summed E-state index contributed by atoms with van der Waals surface area (Å²) < 4.78 is 5.52. The number of ether oxygens (including phenoxy) is 1. The molecule has 0 unspecified atom stereocenters. The number of hydrogen-bond donors (Lipinski definition) is 0. The van der Waals surface area contributed by atoms with Crippen molar-refractivity contribution in [3.63, 3.8) is 0 Å². The molecule has 25 heavy (non-hydrogen) atoms. The molecule has 0 heterocycles. The van der Waals surface area contributed by atoms with Gasteiger partial charge in [0.2, 0.25) is 0 Å². The smallest absolute Gasteiger partial charge is 0.0721 e. The Hall–Kier alpha value is -1.08. The van der Waals surface area contributed by atoms with E-state index >= 15 is 0 Å². The zero-order valence-corrected chi connectivity index (χ0v) is 16.3. The zero-order valence-electron chi connectivity index (χ0n) is 16.3. The van der Waals surface area contributed by atoms with E-state index in [-0.39, 0.29) is 0 Å². The van der Waals surface area contributed by atoms with E-state index in [4.69, 9.17) is 4.74 Å². The summed E-state index contributed by atoms with van der Waals surface area (Å²) in [5.74, 6) is 1.78. The van der Waals surface area contributed by atoms with Crippen molar-refractivity contribution in [3.8, 4) is 0 Å². The highest BCUT2D eigenvalue weighted by Crippen LogP contribution is 2.37. The molecule has 0 bridgehead atoms. The first-order chi connectivity index (χ1) is 12.3. The molecule has 0 radical (unpaired) electrons. The Bertz CT molecular complexity index is 453. The minimum atomic E-state index is 0.629. The molecule has 1 aliphatic carbocycles. The van der Waals surface area contributed by atoms with Crippen molar-refractivity contribution in [2.24, 2.45) is 5.92 Å². The zero-order chi connectivity index (χ0) is 17.7. The maximum Gasteiger partial charge on any atom is 0.0721 e. The molecule has 1 saturated carbocycles. The second kappa shape index (κ2) is 12.3. The molecule has 0 saturated heterocycles. The Labute approximate surface area is 155 Å². The van der Waals surface area contributed by atoms with Crippen LogP contribution in [0.2, 0.25) is 0 Å². The number of benzene rings is 1. The first kappa shape index (κ1) is 20.2. The summed E-state index contributed by atoms with van der Waals surface area (Å²) in [7, 11) is 0. The van der Waals surface area contributed by atoms with E-state index in [1.807, 2.05) is 0 Å². The average molecular weight is 343 g/mol. The van der Waals surface area contributed by atoms with Gasteiger partial charge in [-0.1, -0.05) is 82.2 Å². The molecular formula is C24H38O. The standard InChI is InChI=1S/C24H38O/c1-3-5-6-7-8-9-10-21-11-15-23(16-12-21)24-17-13-22(14-18-24)20-25-19-4-2/h4,13-14,17-18,21,23H,2-3,5-12,15-16,19-20H2,1H3/t21-,23-. The van der Waals surface area contributed by atoms with Crippen molar-refractivity contribution in [1.29, 1.82) is 0 Å². The first-order valence-corrected chi connectivity index (χ1v) is 10.6. The second-order valence-electron chi connectivity index (χ2n) is 7.82. The van der Waals surface area contributed by atoms with Crippen LogP contribution in [0.1, 0.15) is 94.6 Å². The molecule has 0 spiro atoms. The molecule has 140 valence electrons. The van der Waals surface area contributed by atoms with Crippen molar-refractivity contribution in [3.05, 3.63) is 48.0 Å². The van der Waals surface area contributed by atoms with Gasteiger partial charge in [0.25, 0.3) is 0 Å². The van der Waals surface area contributed by atoms with Crippen LogP contribution in [0, 0.1) is 5.92 Å². The van der Waals surface area contributed by atoms with Crippen LogP contribution in [0.3, 0.4) is 0 Å². The third-order valence-electron chi connectivity index (χ3n) is 5.77. The summed E-state index contributed by atoms with van der Waals surface area (Å²) in [6.45, 7) is 7.30. The summed E-state index contributed by atoms with van der Waals surface area (Å²) in [5.41, 5.74) is 2.80. The minimum Gasteiger partial charge on any atom is -0.373 e. The molecule has 1 heteroatoms. The largest absolute Gasteiger partial charge is 0.373 e. The van der Waals surface area contributed by atoms with E-state index in [1.54, 1.807) is 6.08 Å². The fourth-order valence-electron chi connectivity index (χ4n) is 4.14. The van der Waals surface area contributed by atoms with Gasteiger partial charge in [-0.25, -0.2) is 0 Å². The summed E-state index contributed by atoms with van der Waals surface area (Å²) in [6, 6.07) is 9.12. The van der Waals surface area contributed by atoms with Crippen LogP contribution in [0.5, 0.6) is 0 Å². The van der Waals surface area contributed by atoms with Gasteiger partial charge in [-0.3, -0.25) is 0 Å². The van der Waals surface area contributed by atoms with Crippen LogP contribution in [-0.4, -0.2) is 6.61 Å². The van der Waals surface area contributed by atoms with Gasteiger partial charge in [-0.05, 0) is 48.6 Å². The molecule has 0 aromatic heterocycles. The average Bonchev–Trinajstić information content (AvgIpc) is 2.66. The lowest BCUT2D eigenvalue weighted by Gasteiger charge is -2.29. The Balaban J connectivity index is 1.63. The fourth-order valence-corrected chi connectivity index (χ4v) is 4.14. The topological polar surface area (TPSA) is 9.23 Å². The van der Waals surface area contributed by atoms with Crippen molar-refractivity contribution in [2.75, 3.05) is 6.61 Å². The predicted octanol–water partition coefficient (Wildman–Crippen LogP) is 7.41.